The molecule has 3 rings (SSSR count). The second-order valence-electron chi connectivity index (χ2n) is 6.34. The zero-order valence-corrected chi connectivity index (χ0v) is 16.2. The van der Waals surface area contributed by atoms with Crippen molar-refractivity contribution < 1.29 is 27.5 Å². The van der Waals surface area contributed by atoms with Crippen molar-refractivity contribution in [2.45, 2.75) is 6.18 Å². The van der Waals surface area contributed by atoms with Crippen LogP contribution in [-0.2, 0) is 6.18 Å². The number of primary amides is 2. The number of alkyl halides is 3. The molecule has 1 aromatic heterocycles. The first-order valence-corrected chi connectivity index (χ1v) is 8.84. The van der Waals surface area contributed by atoms with Crippen LogP contribution in [0.25, 0.3) is 21.7 Å². The van der Waals surface area contributed by atoms with E-state index in [9.17, 15) is 22.8 Å². The second kappa shape index (κ2) is 8.68. The van der Waals surface area contributed by atoms with E-state index >= 15 is 0 Å². The molecule has 0 bridgehead atoms. The summed E-state index contributed by atoms with van der Waals surface area (Å²) >= 11 is 0. The maximum absolute atomic E-state index is 13.9. The quantitative estimate of drug-likeness (QED) is 0.503. The van der Waals surface area contributed by atoms with Gasteiger partial charge in [0.2, 0.25) is 0 Å². The summed E-state index contributed by atoms with van der Waals surface area (Å²) in [6.07, 6.45) is -3.64. The van der Waals surface area contributed by atoms with E-state index in [2.05, 4.69) is 15.3 Å². The van der Waals surface area contributed by atoms with Gasteiger partial charge in [0.25, 0.3) is 5.91 Å². The third kappa shape index (κ3) is 4.62. The highest BCUT2D eigenvalue weighted by Crippen LogP contribution is 2.41. The van der Waals surface area contributed by atoms with Crippen molar-refractivity contribution in [3.05, 3.63) is 71.3 Å². The van der Waals surface area contributed by atoms with E-state index in [-0.39, 0.29) is 40.7 Å². The molecule has 3 aromatic rings. The van der Waals surface area contributed by atoms with Crippen molar-refractivity contribution >= 4 is 17.6 Å². The molecule has 0 radical (unpaired) electrons. The number of carbonyl (C=O) groups is 2. The minimum Gasteiger partial charge on any atom is -0.425 e. The average Bonchev–Trinajstić information content (AvgIpc) is 3.15. The number of rotatable bonds is 6. The second-order valence-corrected chi connectivity index (χ2v) is 6.34. The van der Waals surface area contributed by atoms with Crippen molar-refractivity contribution in [3.63, 3.8) is 0 Å². The lowest BCUT2D eigenvalue weighted by atomic mass is 9.97. The van der Waals surface area contributed by atoms with Gasteiger partial charge in [-0.2, -0.15) is 18.3 Å². The van der Waals surface area contributed by atoms with E-state index < -0.39 is 23.7 Å². The maximum atomic E-state index is 13.9. The summed E-state index contributed by atoms with van der Waals surface area (Å²) < 4.78 is 48.0. The number of benzene rings is 2. The van der Waals surface area contributed by atoms with Crippen LogP contribution in [0.5, 0.6) is 5.75 Å². The van der Waals surface area contributed by atoms with Gasteiger partial charge in [-0.25, -0.2) is 16.0 Å². The van der Waals surface area contributed by atoms with E-state index in [0.717, 1.165) is 16.9 Å². The highest BCUT2D eigenvalue weighted by molar-refractivity contribution is 6.00. The van der Waals surface area contributed by atoms with Gasteiger partial charge in [-0.3, -0.25) is 9.64 Å². The average molecular weight is 444 g/mol. The molecule has 164 valence electrons. The number of nitrogens with one attached hydrogen (secondary N) is 1. The zero-order chi connectivity index (χ0) is 23.5. The van der Waals surface area contributed by atoms with Gasteiger partial charge in [0.15, 0.2) is 5.69 Å². The number of amides is 3. The molecule has 0 aliphatic carbocycles. The summed E-state index contributed by atoms with van der Waals surface area (Å²) in [6, 6.07) is 8.39. The van der Waals surface area contributed by atoms with Crippen LogP contribution < -0.4 is 21.5 Å². The topological polar surface area (TPSA) is 130 Å². The monoisotopic (exact) mass is 444 g/mol. The predicted octanol–water partition coefficient (Wildman–Crippen LogP) is 3.40. The lowest BCUT2D eigenvalue weighted by Gasteiger charge is -2.16. The Morgan fingerprint density at radius 2 is 1.88 bits per heavy atom. The van der Waals surface area contributed by atoms with Crippen LogP contribution in [0.2, 0.25) is 0 Å². The van der Waals surface area contributed by atoms with Crippen LogP contribution in [0.15, 0.2) is 48.7 Å². The molecular weight excluding hydrogens is 429 g/mol. The molecule has 9 nitrogen and oxygen atoms in total. The number of carbonyl (C=O) groups excluding carboxylic acids is 2. The van der Waals surface area contributed by atoms with Crippen LogP contribution in [0.3, 0.4) is 0 Å². The molecule has 2 aromatic carbocycles. The first-order chi connectivity index (χ1) is 15.1. The third-order valence-corrected chi connectivity index (χ3v) is 4.24. The first-order valence-electron chi connectivity index (χ1n) is 8.84. The summed E-state index contributed by atoms with van der Waals surface area (Å²) in [4.78, 5) is 25.8. The standard InChI is InChI=1S/C20H15F3N6O3/c1-26-10-32-16-5-3-2-4-13(16)12-7-6-11(8-14(12)20(21,22)23)29-9-15(27-19(25)31)17(28-29)18(24)30/h2-9H,10H2,(H2,24,30)(H3,25,27,31). The Balaban J connectivity index is 2.15. The molecule has 0 fully saturated rings. The minimum absolute atomic E-state index is 0.0550. The number of halogens is 3. The lowest BCUT2D eigenvalue weighted by molar-refractivity contribution is -0.137. The normalized spacial score (nSPS) is 10.9. The van der Waals surface area contributed by atoms with Crippen molar-refractivity contribution in [2.24, 2.45) is 11.5 Å². The van der Waals surface area contributed by atoms with E-state index in [1.54, 1.807) is 12.1 Å². The molecule has 0 atom stereocenters. The Labute approximate surface area is 179 Å². The Bertz CT molecular complexity index is 1230. The van der Waals surface area contributed by atoms with Crippen molar-refractivity contribution in [1.82, 2.24) is 9.78 Å². The fourth-order valence-corrected chi connectivity index (χ4v) is 2.97. The summed E-state index contributed by atoms with van der Waals surface area (Å²) in [7, 11) is 0. The predicted molar refractivity (Wildman–Crippen MR) is 108 cm³/mol. The van der Waals surface area contributed by atoms with Crippen LogP contribution in [0.1, 0.15) is 16.1 Å². The molecule has 0 spiro atoms. The van der Waals surface area contributed by atoms with Gasteiger partial charge < -0.3 is 21.5 Å². The number of hydrogen-bond donors (Lipinski definition) is 3. The minimum atomic E-state index is -4.76. The number of anilines is 1. The molecule has 12 heteroatoms. The Hall–Kier alpha value is -4.53. The van der Waals surface area contributed by atoms with Gasteiger partial charge in [-0.05, 0) is 23.8 Å². The number of aromatic nitrogens is 2. The van der Waals surface area contributed by atoms with Gasteiger partial charge >= 0.3 is 18.9 Å². The highest BCUT2D eigenvalue weighted by atomic mass is 19.4. The van der Waals surface area contributed by atoms with Gasteiger partial charge in [0, 0.05) is 5.56 Å². The van der Waals surface area contributed by atoms with Gasteiger partial charge in [-0.1, -0.05) is 24.3 Å². The van der Waals surface area contributed by atoms with Crippen LogP contribution >= 0.6 is 0 Å². The summed E-state index contributed by atoms with van der Waals surface area (Å²) in [6.45, 7) is 6.48. The number of urea groups is 1. The zero-order valence-electron chi connectivity index (χ0n) is 16.2. The highest BCUT2D eigenvalue weighted by Gasteiger charge is 2.35. The molecular formula is C20H15F3N6O3. The molecule has 1 heterocycles. The Kier molecular flexibility index (Phi) is 6.01. The molecule has 0 saturated carbocycles. The fraction of sp³-hybridized carbons (Fsp3) is 0.100. The van der Waals surface area contributed by atoms with Crippen LogP contribution in [0.4, 0.5) is 23.7 Å². The number of para-hydroxylation sites is 1. The van der Waals surface area contributed by atoms with Crippen LogP contribution in [0, 0.1) is 6.57 Å². The van der Waals surface area contributed by atoms with Gasteiger partial charge in [0.05, 0.1) is 23.1 Å². The Morgan fingerprint density at radius 1 is 1.16 bits per heavy atom. The largest absolute Gasteiger partial charge is 0.425 e. The molecule has 0 saturated heterocycles. The molecule has 5 N–H and O–H groups in total. The van der Waals surface area contributed by atoms with E-state index in [4.69, 9.17) is 22.8 Å². The number of nitrogens with zero attached hydrogens (tertiary/aromatic N) is 3. The van der Waals surface area contributed by atoms with Crippen LogP contribution in [-0.4, -0.2) is 28.4 Å². The molecule has 32 heavy (non-hydrogen) atoms. The van der Waals surface area contributed by atoms with Crippen molar-refractivity contribution in [2.75, 3.05) is 12.0 Å². The van der Waals surface area contributed by atoms with Crippen molar-refractivity contribution in [1.29, 1.82) is 0 Å². The van der Waals surface area contributed by atoms with Gasteiger partial charge in [-0.15, -0.1) is 0 Å². The number of ether oxygens (including phenoxy) is 1. The van der Waals surface area contributed by atoms with E-state index in [0.29, 0.717) is 0 Å². The van der Waals surface area contributed by atoms with Crippen molar-refractivity contribution in [3.8, 4) is 22.6 Å². The van der Waals surface area contributed by atoms with E-state index in [1.165, 1.54) is 24.3 Å². The van der Waals surface area contributed by atoms with Gasteiger partial charge in [0.1, 0.15) is 5.75 Å². The summed E-state index contributed by atoms with van der Waals surface area (Å²) in [5, 5.41) is 6.01. The molecule has 0 aliphatic rings. The smallest absolute Gasteiger partial charge is 0.417 e. The molecule has 0 aliphatic heterocycles. The Morgan fingerprint density at radius 3 is 2.50 bits per heavy atom. The molecule has 3 amide bonds. The first kappa shape index (κ1) is 22.2. The molecule has 0 unspecified atom stereocenters. The lowest BCUT2D eigenvalue weighted by Crippen LogP contribution is -2.22. The van der Waals surface area contributed by atoms with E-state index in [1.807, 2.05) is 0 Å². The number of nitrogens with two attached hydrogens (primary N) is 2. The third-order valence-electron chi connectivity index (χ3n) is 4.24. The SMILES string of the molecule is [C-]#[N+]COc1ccccc1-c1ccc(-n2cc(NC(N)=O)c(C(N)=O)n2)cc1C(F)(F)F. The summed E-state index contributed by atoms with van der Waals surface area (Å²) in [5.74, 6) is -0.893. The number of hydrogen-bond acceptors (Lipinski definition) is 4. The summed E-state index contributed by atoms with van der Waals surface area (Å²) in [5.41, 5.74) is 8.63. The fourth-order valence-electron chi connectivity index (χ4n) is 2.97. The maximum Gasteiger partial charge on any atom is 0.417 e.